The Morgan fingerprint density at radius 3 is 2.49 bits per heavy atom. The number of halogens is 1. The molecule has 0 bridgehead atoms. The van der Waals surface area contributed by atoms with Crippen LogP contribution < -0.4 is 25.3 Å². The van der Waals surface area contributed by atoms with Crippen LogP contribution in [0.1, 0.15) is 19.0 Å². The maximum Gasteiger partial charge on any atom is 0.431 e. The first-order valence-electron chi connectivity index (χ1n) is 10.8. The number of carbonyl (C=O) groups excluding carboxylic acids is 2. The van der Waals surface area contributed by atoms with Gasteiger partial charge in [-0.2, -0.15) is 0 Å². The highest BCUT2D eigenvalue weighted by molar-refractivity contribution is 14.1. The molecule has 1 fully saturated rings. The molecule has 35 heavy (non-hydrogen) atoms. The molecule has 1 aliphatic heterocycles. The number of H-pyrrole nitrogens is 1. The van der Waals surface area contributed by atoms with Gasteiger partial charge in [-0.05, 0) is 95.5 Å². The Labute approximate surface area is 219 Å². The Morgan fingerprint density at radius 2 is 1.89 bits per heavy atom. The quantitative estimate of drug-likeness (QED) is 0.230. The minimum atomic E-state index is -0.910. The van der Waals surface area contributed by atoms with E-state index in [-0.39, 0.29) is 35.6 Å². The summed E-state index contributed by atoms with van der Waals surface area (Å²) in [6.45, 7) is 2.39. The standard InChI is InChI=1S/C23H22IN5O5S/c1-3-33-17-10-8-16(9-11-17)29-21(31)18(12-20(30)25-15-6-4-14(24)5-7-15)28(23(29)35)13-19-22(32)34-26-27(19)2/h4-11,18H,3,12-13H2,1-2H3,(H-,25,26,30,32)/p+1. The van der Waals surface area contributed by atoms with Crippen molar-refractivity contribution in [1.29, 1.82) is 0 Å². The summed E-state index contributed by atoms with van der Waals surface area (Å²) in [6.07, 6.45) is -0.155. The summed E-state index contributed by atoms with van der Waals surface area (Å²) in [5, 5.41) is 5.46. The molecule has 0 saturated carbocycles. The van der Waals surface area contributed by atoms with Gasteiger partial charge in [-0.15, -0.1) is 0 Å². The van der Waals surface area contributed by atoms with Crippen molar-refractivity contribution < 1.29 is 23.5 Å². The van der Waals surface area contributed by atoms with Crippen LogP contribution in [-0.2, 0) is 23.2 Å². The fraction of sp³-hybridized carbons (Fsp3) is 0.261. The molecule has 1 atom stereocenters. The number of rotatable bonds is 8. The molecule has 4 rings (SSSR count). The molecule has 1 unspecified atom stereocenters. The van der Waals surface area contributed by atoms with E-state index < -0.39 is 11.7 Å². The third kappa shape index (κ3) is 5.37. The molecule has 2 aromatic carbocycles. The summed E-state index contributed by atoms with van der Waals surface area (Å²) in [6, 6.07) is 13.4. The lowest BCUT2D eigenvalue weighted by Gasteiger charge is -2.21. The topological polar surface area (TPSA) is 112 Å². The predicted molar refractivity (Wildman–Crippen MR) is 140 cm³/mol. The Morgan fingerprint density at radius 1 is 1.20 bits per heavy atom. The Bertz CT molecular complexity index is 1310. The van der Waals surface area contributed by atoms with Gasteiger partial charge in [0.15, 0.2) is 12.2 Å². The van der Waals surface area contributed by atoms with Gasteiger partial charge in [0.05, 0.1) is 18.7 Å². The van der Waals surface area contributed by atoms with E-state index in [1.165, 1.54) is 9.58 Å². The van der Waals surface area contributed by atoms with Gasteiger partial charge in [0.2, 0.25) is 5.91 Å². The molecule has 1 saturated heterocycles. The second-order valence-electron chi connectivity index (χ2n) is 7.77. The van der Waals surface area contributed by atoms with E-state index in [2.05, 4.69) is 33.2 Å². The van der Waals surface area contributed by atoms with Crippen molar-refractivity contribution in [2.75, 3.05) is 16.8 Å². The van der Waals surface area contributed by atoms with Gasteiger partial charge in [0, 0.05) is 9.26 Å². The van der Waals surface area contributed by atoms with Crippen molar-refractivity contribution in [2.24, 2.45) is 7.05 Å². The van der Waals surface area contributed by atoms with Crippen molar-refractivity contribution in [2.45, 2.75) is 25.9 Å². The van der Waals surface area contributed by atoms with Crippen LogP contribution in [0.2, 0.25) is 0 Å². The molecule has 2 amide bonds. The lowest BCUT2D eigenvalue weighted by atomic mass is 10.1. The third-order valence-electron chi connectivity index (χ3n) is 5.47. The highest BCUT2D eigenvalue weighted by Gasteiger charge is 2.45. The van der Waals surface area contributed by atoms with Gasteiger partial charge < -0.3 is 15.0 Å². The van der Waals surface area contributed by atoms with Gasteiger partial charge in [0.1, 0.15) is 18.3 Å². The zero-order chi connectivity index (χ0) is 25.1. The van der Waals surface area contributed by atoms with Crippen molar-refractivity contribution in [3.8, 4) is 5.75 Å². The predicted octanol–water partition coefficient (Wildman–Crippen LogP) is 2.33. The number of aryl methyl sites for hydroxylation is 1. The Kier molecular flexibility index (Phi) is 7.50. The van der Waals surface area contributed by atoms with Crippen LogP contribution in [-0.4, -0.2) is 39.7 Å². The summed E-state index contributed by atoms with van der Waals surface area (Å²) in [4.78, 5) is 41.6. The normalized spacial score (nSPS) is 15.6. The molecular formula is C23H23IN5O5S+. The summed E-state index contributed by atoms with van der Waals surface area (Å²) < 4.78 is 12.8. The van der Waals surface area contributed by atoms with E-state index in [4.69, 9.17) is 21.5 Å². The van der Waals surface area contributed by atoms with Gasteiger partial charge in [-0.3, -0.25) is 19.0 Å². The van der Waals surface area contributed by atoms with Crippen LogP contribution in [0, 0.1) is 3.57 Å². The van der Waals surface area contributed by atoms with E-state index in [9.17, 15) is 14.4 Å². The molecule has 12 heteroatoms. The molecule has 1 aliphatic rings. The smallest absolute Gasteiger partial charge is 0.431 e. The van der Waals surface area contributed by atoms with Crippen molar-refractivity contribution in [1.82, 2.24) is 10.2 Å². The number of nitrogens with zero attached hydrogens (tertiary/aromatic N) is 3. The molecule has 0 radical (unpaired) electrons. The molecular weight excluding hydrogens is 585 g/mol. The number of benzene rings is 2. The van der Waals surface area contributed by atoms with Gasteiger partial charge in [-0.1, -0.05) is 4.68 Å². The number of amides is 2. The molecule has 10 nitrogen and oxygen atoms in total. The molecule has 0 spiro atoms. The Hall–Kier alpha value is -3.26. The number of thiocarbonyl (C=S) groups is 1. The first kappa shape index (κ1) is 24.9. The first-order chi connectivity index (χ1) is 16.8. The number of aromatic nitrogens is 2. The van der Waals surface area contributed by atoms with Crippen LogP contribution in [0.25, 0.3) is 0 Å². The second-order valence-corrected chi connectivity index (χ2v) is 9.38. The molecule has 182 valence electrons. The number of hydrogen-bond acceptors (Lipinski definition) is 6. The number of aromatic amines is 1. The van der Waals surface area contributed by atoms with E-state index in [0.29, 0.717) is 23.7 Å². The lowest BCUT2D eigenvalue weighted by Crippen LogP contribution is -2.44. The number of nitrogens with one attached hydrogen (secondary N) is 2. The first-order valence-corrected chi connectivity index (χ1v) is 12.3. The minimum absolute atomic E-state index is 0.0120. The van der Waals surface area contributed by atoms with E-state index in [1.807, 2.05) is 19.1 Å². The number of hydrogen-bond donors (Lipinski definition) is 2. The largest absolute Gasteiger partial charge is 0.494 e. The highest BCUT2D eigenvalue weighted by Crippen LogP contribution is 2.29. The van der Waals surface area contributed by atoms with Crippen LogP contribution >= 0.6 is 34.8 Å². The fourth-order valence-electron chi connectivity index (χ4n) is 3.72. The minimum Gasteiger partial charge on any atom is -0.494 e. The summed E-state index contributed by atoms with van der Waals surface area (Å²) in [7, 11) is 1.61. The zero-order valence-electron chi connectivity index (χ0n) is 19.0. The number of anilines is 2. The van der Waals surface area contributed by atoms with Crippen LogP contribution in [0.4, 0.5) is 11.4 Å². The van der Waals surface area contributed by atoms with E-state index in [1.54, 1.807) is 48.3 Å². The second kappa shape index (κ2) is 10.6. The maximum absolute atomic E-state index is 13.5. The van der Waals surface area contributed by atoms with E-state index >= 15 is 0 Å². The maximum atomic E-state index is 13.5. The van der Waals surface area contributed by atoms with Gasteiger partial charge in [0.25, 0.3) is 5.91 Å². The zero-order valence-corrected chi connectivity index (χ0v) is 22.0. The number of carbonyl (C=O) groups is 2. The summed E-state index contributed by atoms with van der Waals surface area (Å²) >= 11 is 7.83. The average Bonchev–Trinajstić information content (AvgIpc) is 3.27. The van der Waals surface area contributed by atoms with Crippen LogP contribution in [0.3, 0.4) is 0 Å². The van der Waals surface area contributed by atoms with Crippen molar-refractivity contribution in [3.05, 3.63) is 68.2 Å². The highest BCUT2D eigenvalue weighted by atomic mass is 127. The average molecular weight is 608 g/mol. The van der Waals surface area contributed by atoms with Gasteiger partial charge in [-0.25, -0.2) is 4.79 Å². The SMILES string of the molecule is CCOc1ccc(N2C(=O)C(CC(=O)Nc3ccc(I)cc3)N(Cc3c(=O)o[nH][n+]3C)C2=S)cc1. The molecule has 2 heterocycles. The number of ether oxygens (including phenoxy) is 1. The van der Waals surface area contributed by atoms with E-state index in [0.717, 1.165) is 3.57 Å². The molecule has 2 N–H and O–H groups in total. The van der Waals surface area contributed by atoms with Gasteiger partial charge >= 0.3 is 11.3 Å². The third-order valence-corrected chi connectivity index (χ3v) is 6.60. The fourth-order valence-corrected chi connectivity index (χ4v) is 4.47. The summed E-state index contributed by atoms with van der Waals surface area (Å²) in [5.41, 5.74) is 0.844. The monoisotopic (exact) mass is 608 g/mol. The van der Waals surface area contributed by atoms with Crippen molar-refractivity contribution in [3.63, 3.8) is 0 Å². The Balaban J connectivity index is 1.61. The van der Waals surface area contributed by atoms with Crippen molar-refractivity contribution >= 4 is 63.1 Å². The summed E-state index contributed by atoms with van der Waals surface area (Å²) in [5.74, 6) is -0.0491. The van der Waals surface area contributed by atoms with Crippen LogP contribution in [0.15, 0.2) is 57.8 Å². The lowest BCUT2D eigenvalue weighted by molar-refractivity contribution is -0.746. The molecule has 1 aromatic heterocycles. The molecule has 0 aliphatic carbocycles. The molecule has 3 aromatic rings. The van der Waals surface area contributed by atoms with Crippen LogP contribution in [0.5, 0.6) is 5.75 Å².